The zero-order chi connectivity index (χ0) is 21.6. The molecule has 1 N–H and O–H groups in total. The van der Waals surface area contributed by atoms with Crippen LogP contribution in [-0.2, 0) is 25.4 Å². The molecule has 0 bridgehead atoms. The van der Waals surface area contributed by atoms with Gasteiger partial charge in [-0.25, -0.2) is 14.8 Å². The summed E-state index contributed by atoms with van der Waals surface area (Å²) in [5.74, 6) is -0.341. The number of rotatable bonds is 4. The Hall–Kier alpha value is -3.53. The summed E-state index contributed by atoms with van der Waals surface area (Å²) in [7, 11) is 2.93. The summed E-state index contributed by atoms with van der Waals surface area (Å²) in [6, 6.07) is 6.13. The minimum atomic E-state index is -0.496. The number of thiazole rings is 1. The standard InChI is InChI=1S/C20H20N6O3S/c1-11-5-6-13(12(2)7-11)14-9-30-19(22-14)23-15(27)8-26-10-21-17-16(26)18(28)25(4)20(29)24(17)3/h5-7,9-10H,8H2,1-4H3,(H,22,23,27). The predicted molar refractivity (Wildman–Crippen MR) is 116 cm³/mol. The Labute approximate surface area is 175 Å². The van der Waals surface area contributed by atoms with Gasteiger partial charge in [-0.3, -0.25) is 18.7 Å². The van der Waals surface area contributed by atoms with Crippen LogP contribution in [0.1, 0.15) is 11.1 Å². The van der Waals surface area contributed by atoms with Gasteiger partial charge in [0.15, 0.2) is 16.3 Å². The molecule has 0 aliphatic heterocycles. The highest BCUT2D eigenvalue weighted by atomic mass is 32.1. The van der Waals surface area contributed by atoms with Crippen molar-refractivity contribution in [2.45, 2.75) is 20.4 Å². The molecule has 0 unspecified atom stereocenters. The molecule has 10 heteroatoms. The Morgan fingerprint density at radius 3 is 2.67 bits per heavy atom. The summed E-state index contributed by atoms with van der Waals surface area (Å²) < 4.78 is 3.71. The molecular weight excluding hydrogens is 404 g/mol. The van der Waals surface area contributed by atoms with E-state index >= 15 is 0 Å². The van der Waals surface area contributed by atoms with E-state index in [0.29, 0.717) is 5.13 Å². The number of carbonyl (C=O) groups is 1. The van der Waals surface area contributed by atoms with E-state index in [1.807, 2.05) is 31.4 Å². The van der Waals surface area contributed by atoms with Crippen molar-refractivity contribution in [1.29, 1.82) is 0 Å². The van der Waals surface area contributed by atoms with E-state index in [2.05, 4.69) is 21.4 Å². The second-order valence-electron chi connectivity index (χ2n) is 7.15. The van der Waals surface area contributed by atoms with Crippen molar-refractivity contribution in [3.8, 4) is 11.3 Å². The summed E-state index contributed by atoms with van der Waals surface area (Å²) in [6.45, 7) is 3.94. The summed E-state index contributed by atoms with van der Waals surface area (Å²) in [6.07, 6.45) is 1.38. The zero-order valence-corrected chi connectivity index (χ0v) is 17.8. The summed E-state index contributed by atoms with van der Waals surface area (Å²) in [5.41, 5.74) is 3.58. The van der Waals surface area contributed by atoms with Crippen molar-refractivity contribution in [3.05, 3.63) is 61.9 Å². The third kappa shape index (κ3) is 3.35. The fourth-order valence-electron chi connectivity index (χ4n) is 3.39. The SMILES string of the molecule is Cc1ccc(-c2csc(NC(=O)Cn3cnc4c3c(=O)n(C)c(=O)n4C)n2)c(C)c1. The van der Waals surface area contributed by atoms with Crippen LogP contribution in [0, 0.1) is 13.8 Å². The lowest BCUT2D eigenvalue weighted by molar-refractivity contribution is -0.116. The van der Waals surface area contributed by atoms with Crippen LogP contribution in [0.2, 0.25) is 0 Å². The first-order valence-corrected chi connectivity index (χ1v) is 10.1. The molecule has 154 valence electrons. The second kappa shape index (κ2) is 7.38. The number of carbonyl (C=O) groups excluding carboxylic acids is 1. The molecule has 9 nitrogen and oxygen atoms in total. The van der Waals surface area contributed by atoms with Crippen LogP contribution >= 0.6 is 11.3 Å². The predicted octanol–water partition coefficient (Wildman–Crippen LogP) is 1.81. The number of nitrogens with zero attached hydrogens (tertiary/aromatic N) is 5. The van der Waals surface area contributed by atoms with Gasteiger partial charge < -0.3 is 9.88 Å². The lowest BCUT2D eigenvalue weighted by Crippen LogP contribution is -2.37. The molecule has 0 aliphatic rings. The number of fused-ring (bicyclic) bond motifs is 1. The van der Waals surface area contributed by atoms with Gasteiger partial charge in [0.05, 0.1) is 12.0 Å². The maximum atomic E-state index is 12.6. The van der Waals surface area contributed by atoms with Crippen LogP contribution < -0.4 is 16.6 Å². The van der Waals surface area contributed by atoms with Crippen LogP contribution in [0.3, 0.4) is 0 Å². The van der Waals surface area contributed by atoms with E-state index in [4.69, 9.17) is 0 Å². The number of hydrogen-bond donors (Lipinski definition) is 1. The Morgan fingerprint density at radius 2 is 1.93 bits per heavy atom. The maximum absolute atomic E-state index is 12.6. The van der Waals surface area contributed by atoms with Gasteiger partial charge in [-0.05, 0) is 19.4 Å². The average Bonchev–Trinajstić information content (AvgIpc) is 3.32. The molecule has 30 heavy (non-hydrogen) atoms. The first kappa shape index (κ1) is 19.8. The highest BCUT2D eigenvalue weighted by Crippen LogP contribution is 2.28. The topological polar surface area (TPSA) is 104 Å². The molecule has 1 aromatic carbocycles. The van der Waals surface area contributed by atoms with Crippen molar-refractivity contribution in [1.82, 2.24) is 23.7 Å². The third-order valence-corrected chi connectivity index (χ3v) is 5.70. The molecule has 0 saturated carbocycles. The minimum absolute atomic E-state index is 0.123. The molecule has 4 aromatic rings. The zero-order valence-electron chi connectivity index (χ0n) is 17.0. The first-order valence-electron chi connectivity index (χ1n) is 9.20. The van der Waals surface area contributed by atoms with Crippen molar-refractivity contribution in [2.75, 3.05) is 5.32 Å². The summed E-state index contributed by atoms with van der Waals surface area (Å²) in [5, 5.41) is 5.13. The molecule has 0 atom stereocenters. The van der Waals surface area contributed by atoms with E-state index in [-0.39, 0.29) is 23.6 Å². The average molecular weight is 424 g/mol. The lowest BCUT2D eigenvalue weighted by atomic mass is 10.0. The summed E-state index contributed by atoms with van der Waals surface area (Å²) >= 11 is 1.33. The third-order valence-electron chi connectivity index (χ3n) is 4.94. The molecule has 0 spiro atoms. The number of nitrogens with one attached hydrogen (secondary N) is 1. The Balaban J connectivity index is 1.57. The molecular formula is C20H20N6O3S. The van der Waals surface area contributed by atoms with Crippen LogP contribution in [0.5, 0.6) is 0 Å². The number of aryl methyl sites for hydroxylation is 3. The van der Waals surface area contributed by atoms with E-state index in [0.717, 1.165) is 21.4 Å². The monoisotopic (exact) mass is 424 g/mol. The minimum Gasteiger partial charge on any atom is -0.315 e. The van der Waals surface area contributed by atoms with Crippen LogP contribution in [0.25, 0.3) is 22.4 Å². The number of anilines is 1. The molecule has 0 radical (unpaired) electrons. The lowest BCUT2D eigenvalue weighted by Gasteiger charge is -2.06. The van der Waals surface area contributed by atoms with Crippen LogP contribution in [0.15, 0.2) is 39.5 Å². The maximum Gasteiger partial charge on any atom is 0.332 e. The number of amides is 1. The number of imidazole rings is 1. The fraction of sp³-hybridized carbons (Fsp3) is 0.250. The van der Waals surface area contributed by atoms with Crippen LogP contribution in [-0.4, -0.2) is 29.6 Å². The van der Waals surface area contributed by atoms with Gasteiger partial charge in [0.1, 0.15) is 6.54 Å². The number of benzene rings is 1. The van der Waals surface area contributed by atoms with Gasteiger partial charge >= 0.3 is 5.69 Å². The number of aromatic nitrogens is 5. The number of hydrogen-bond acceptors (Lipinski definition) is 6. The Kier molecular flexibility index (Phi) is 4.86. The molecule has 1 amide bonds. The van der Waals surface area contributed by atoms with Crippen LogP contribution in [0.4, 0.5) is 5.13 Å². The molecule has 0 fully saturated rings. The fourth-order valence-corrected chi connectivity index (χ4v) is 4.11. The first-order chi connectivity index (χ1) is 14.3. The van der Waals surface area contributed by atoms with Crippen molar-refractivity contribution < 1.29 is 4.79 Å². The molecule has 0 saturated heterocycles. The quantitative estimate of drug-likeness (QED) is 0.538. The van der Waals surface area contributed by atoms with Gasteiger partial charge in [-0.2, -0.15) is 0 Å². The Bertz CT molecular complexity index is 1410. The second-order valence-corrected chi connectivity index (χ2v) is 8.01. The van der Waals surface area contributed by atoms with Crippen molar-refractivity contribution in [2.24, 2.45) is 14.1 Å². The van der Waals surface area contributed by atoms with Gasteiger partial charge in [-0.15, -0.1) is 11.3 Å². The Morgan fingerprint density at radius 1 is 1.17 bits per heavy atom. The molecule has 3 heterocycles. The van der Waals surface area contributed by atoms with E-state index in [1.165, 1.54) is 46.5 Å². The van der Waals surface area contributed by atoms with E-state index in [1.54, 1.807) is 0 Å². The van der Waals surface area contributed by atoms with Crippen molar-refractivity contribution >= 4 is 33.5 Å². The molecule has 4 rings (SSSR count). The highest BCUT2D eigenvalue weighted by Gasteiger charge is 2.17. The van der Waals surface area contributed by atoms with Gasteiger partial charge in [0, 0.05) is 25.0 Å². The van der Waals surface area contributed by atoms with Gasteiger partial charge in [0.2, 0.25) is 5.91 Å². The molecule has 3 aromatic heterocycles. The van der Waals surface area contributed by atoms with Gasteiger partial charge in [-0.1, -0.05) is 23.8 Å². The van der Waals surface area contributed by atoms with E-state index < -0.39 is 11.2 Å². The largest absolute Gasteiger partial charge is 0.332 e. The van der Waals surface area contributed by atoms with Gasteiger partial charge in [0.25, 0.3) is 5.56 Å². The summed E-state index contributed by atoms with van der Waals surface area (Å²) in [4.78, 5) is 45.7. The van der Waals surface area contributed by atoms with E-state index in [9.17, 15) is 14.4 Å². The normalized spacial score (nSPS) is 11.2. The smallest absolute Gasteiger partial charge is 0.315 e. The molecule has 0 aliphatic carbocycles. The van der Waals surface area contributed by atoms with Crippen molar-refractivity contribution in [3.63, 3.8) is 0 Å². The highest BCUT2D eigenvalue weighted by molar-refractivity contribution is 7.14.